The van der Waals surface area contributed by atoms with Gasteiger partial charge in [-0.15, -0.1) is 0 Å². The third-order valence-corrected chi connectivity index (χ3v) is 2.28. The summed E-state index contributed by atoms with van der Waals surface area (Å²) in [7, 11) is 1.48. The van der Waals surface area contributed by atoms with Crippen molar-refractivity contribution < 1.29 is 9.47 Å². The molecule has 5 nitrogen and oxygen atoms in total. The molecule has 0 unspecified atom stereocenters. The van der Waals surface area contributed by atoms with Crippen molar-refractivity contribution in [3.63, 3.8) is 0 Å². The van der Waals surface area contributed by atoms with Crippen LogP contribution in [0.1, 0.15) is 0 Å². The minimum absolute atomic E-state index is 0.228. The van der Waals surface area contributed by atoms with E-state index in [0.29, 0.717) is 16.5 Å². The van der Waals surface area contributed by atoms with Crippen LogP contribution >= 0.6 is 11.6 Å². The minimum atomic E-state index is 0.228. The molecule has 0 atom stereocenters. The van der Waals surface area contributed by atoms with Crippen LogP contribution in [0.2, 0.25) is 5.02 Å². The standard InChI is InChI=1S/C11H10ClN3O2/c1-16-9-10(13)14-6-15-11(9)17-8-4-2-7(12)3-5-8/h2-6H,1H3,(H2,13,14,15). The molecule has 1 aromatic carbocycles. The molecule has 2 N–H and O–H groups in total. The van der Waals surface area contributed by atoms with Crippen LogP contribution in [0.5, 0.6) is 17.4 Å². The lowest BCUT2D eigenvalue weighted by atomic mass is 10.3. The average molecular weight is 252 g/mol. The van der Waals surface area contributed by atoms with Gasteiger partial charge in [-0.3, -0.25) is 0 Å². The largest absolute Gasteiger partial charge is 0.489 e. The van der Waals surface area contributed by atoms with Crippen molar-refractivity contribution in [3.8, 4) is 17.4 Å². The molecular weight excluding hydrogens is 242 g/mol. The normalized spacial score (nSPS) is 10.0. The van der Waals surface area contributed by atoms with E-state index >= 15 is 0 Å². The molecule has 0 aliphatic rings. The van der Waals surface area contributed by atoms with Crippen LogP contribution in [-0.2, 0) is 0 Å². The highest BCUT2D eigenvalue weighted by Gasteiger charge is 2.11. The van der Waals surface area contributed by atoms with Crippen LogP contribution in [0.15, 0.2) is 30.6 Å². The Morgan fingerprint density at radius 2 is 1.88 bits per heavy atom. The molecule has 0 aliphatic heterocycles. The van der Waals surface area contributed by atoms with Crippen LogP contribution < -0.4 is 15.2 Å². The Labute approximate surface area is 103 Å². The van der Waals surface area contributed by atoms with Crippen LogP contribution in [0.3, 0.4) is 0 Å². The first-order valence-electron chi connectivity index (χ1n) is 4.78. The lowest BCUT2D eigenvalue weighted by Crippen LogP contribution is -2.00. The summed E-state index contributed by atoms with van der Waals surface area (Å²) >= 11 is 5.77. The first-order valence-corrected chi connectivity index (χ1v) is 5.16. The van der Waals surface area contributed by atoms with Crippen molar-refractivity contribution >= 4 is 17.4 Å². The summed E-state index contributed by atoms with van der Waals surface area (Å²) in [4.78, 5) is 7.76. The Morgan fingerprint density at radius 3 is 2.53 bits per heavy atom. The number of hydrogen-bond acceptors (Lipinski definition) is 5. The zero-order valence-corrected chi connectivity index (χ0v) is 9.81. The van der Waals surface area contributed by atoms with Crippen molar-refractivity contribution in [1.29, 1.82) is 0 Å². The van der Waals surface area contributed by atoms with Crippen LogP contribution in [0.25, 0.3) is 0 Å². The van der Waals surface area contributed by atoms with Gasteiger partial charge in [-0.25, -0.2) is 4.98 Å². The molecule has 0 saturated carbocycles. The number of aromatic nitrogens is 2. The summed E-state index contributed by atoms with van der Waals surface area (Å²) in [5.74, 6) is 1.39. The van der Waals surface area contributed by atoms with Gasteiger partial charge in [0.25, 0.3) is 5.88 Å². The second-order valence-corrected chi connectivity index (χ2v) is 3.59. The van der Waals surface area contributed by atoms with Gasteiger partial charge in [-0.1, -0.05) is 11.6 Å². The van der Waals surface area contributed by atoms with E-state index < -0.39 is 0 Å². The summed E-state index contributed by atoms with van der Waals surface area (Å²) in [5, 5.41) is 0.631. The maximum Gasteiger partial charge on any atom is 0.268 e. The topological polar surface area (TPSA) is 70.3 Å². The van der Waals surface area contributed by atoms with Crippen molar-refractivity contribution in [2.75, 3.05) is 12.8 Å². The molecule has 0 bridgehead atoms. The number of nitrogens with zero attached hydrogens (tertiary/aromatic N) is 2. The van der Waals surface area contributed by atoms with Crippen LogP contribution in [0.4, 0.5) is 5.82 Å². The SMILES string of the molecule is COc1c(N)ncnc1Oc1ccc(Cl)cc1. The second kappa shape index (κ2) is 4.88. The monoisotopic (exact) mass is 251 g/mol. The van der Waals surface area contributed by atoms with Gasteiger partial charge in [0, 0.05) is 5.02 Å². The molecule has 1 aromatic heterocycles. The molecule has 0 amide bonds. The third kappa shape index (κ3) is 2.57. The van der Waals surface area contributed by atoms with E-state index in [1.165, 1.54) is 13.4 Å². The lowest BCUT2D eigenvalue weighted by molar-refractivity contribution is 0.369. The van der Waals surface area contributed by atoms with Crippen LogP contribution in [-0.4, -0.2) is 17.1 Å². The molecule has 0 radical (unpaired) electrons. The predicted molar refractivity (Wildman–Crippen MR) is 64.5 cm³/mol. The third-order valence-electron chi connectivity index (χ3n) is 2.03. The Morgan fingerprint density at radius 1 is 1.18 bits per heavy atom. The zero-order chi connectivity index (χ0) is 12.3. The van der Waals surface area contributed by atoms with E-state index in [1.807, 2.05) is 0 Å². The number of methoxy groups -OCH3 is 1. The fraction of sp³-hybridized carbons (Fsp3) is 0.0909. The summed E-state index contributed by atoms with van der Waals surface area (Å²) in [6.07, 6.45) is 1.31. The number of nitrogens with two attached hydrogens (primary N) is 1. The fourth-order valence-corrected chi connectivity index (χ4v) is 1.38. The molecule has 88 valence electrons. The molecule has 2 aromatic rings. The molecule has 0 aliphatic carbocycles. The van der Waals surface area contributed by atoms with E-state index in [1.54, 1.807) is 24.3 Å². The van der Waals surface area contributed by atoms with Gasteiger partial charge in [0.2, 0.25) is 5.75 Å². The van der Waals surface area contributed by atoms with Crippen molar-refractivity contribution in [3.05, 3.63) is 35.6 Å². The van der Waals surface area contributed by atoms with E-state index in [2.05, 4.69) is 9.97 Å². The molecular formula is C11H10ClN3O2. The maximum atomic E-state index is 5.77. The van der Waals surface area contributed by atoms with Gasteiger partial charge < -0.3 is 15.2 Å². The smallest absolute Gasteiger partial charge is 0.268 e. The molecule has 0 saturated heterocycles. The molecule has 0 fully saturated rings. The van der Waals surface area contributed by atoms with E-state index in [4.69, 9.17) is 26.8 Å². The Hall–Kier alpha value is -2.01. The number of halogens is 1. The number of benzene rings is 1. The number of hydrogen-bond donors (Lipinski definition) is 1. The van der Waals surface area contributed by atoms with E-state index in [0.717, 1.165) is 0 Å². The lowest BCUT2D eigenvalue weighted by Gasteiger charge is -2.09. The number of nitrogen functional groups attached to an aromatic ring is 1. The first-order chi connectivity index (χ1) is 8.20. The number of ether oxygens (including phenoxy) is 2. The zero-order valence-electron chi connectivity index (χ0n) is 9.05. The quantitative estimate of drug-likeness (QED) is 0.908. The fourth-order valence-electron chi connectivity index (χ4n) is 1.25. The van der Waals surface area contributed by atoms with Gasteiger partial charge in [0.05, 0.1) is 7.11 Å². The first kappa shape index (κ1) is 11.5. The summed E-state index contributed by atoms with van der Waals surface area (Å²) < 4.78 is 10.6. The summed E-state index contributed by atoms with van der Waals surface area (Å²) in [6, 6.07) is 6.88. The number of anilines is 1. The molecule has 2 rings (SSSR count). The summed E-state index contributed by atoms with van der Waals surface area (Å²) in [5.41, 5.74) is 5.63. The van der Waals surface area contributed by atoms with Gasteiger partial charge in [0.1, 0.15) is 12.1 Å². The Bertz CT molecular complexity index is 517. The Balaban J connectivity index is 2.29. The van der Waals surface area contributed by atoms with E-state index in [-0.39, 0.29) is 11.7 Å². The Kier molecular flexibility index (Phi) is 3.30. The highest BCUT2D eigenvalue weighted by Crippen LogP contribution is 2.32. The van der Waals surface area contributed by atoms with E-state index in [9.17, 15) is 0 Å². The molecule has 1 heterocycles. The predicted octanol–water partition coefficient (Wildman–Crippen LogP) is 2.51. The van der Waals surface area contributed by atoms with Crippen molar-refractivity contribution in [2.45, 2.75) is 0 Å². The molecule has 17 heavy (non-hydrogen) atoms. The number of rotatable bonds is 3. The highest BCUT2D eigenvalue weighted by molar-refractivity contribution is 6.30. The van der Waals surface area contributed by atoms with Crippen LogP contribution in [0, 0.1) is 0 Å². The van der Waals surface area contributed by atoms with Gasteiger partial charge in [-0.05, 0) is 24.3 Å². The molecule has 6 heteroatoms. The van der Waals surface area contributed by atoms with Crippen molar-refractivity contribution in [2.24, 2.45) is 0 Å². The summed E-state index contributed by atoms with van der Waals surface area (Å²) in [6.45, 7) is 0. The molecule has 0 spiro atoms. The average Bonchev–Trinajstić information content (AvgIpc) is 2.32. The maximum absolute atomic E-state index is 5.77. The van der Waals surface area contributed by atoms with Gasteiger partial charge in [0.15, 0.2) is 5.82 Å². The van der Waals surface area contributed by atoms with Gasteiger partial charge in [-0.2, -0.15) is 4.98 Å². The second-order valence-electron chi connectivity index (χ2n) is 3.15. The highest BCUT2D eigenvalue weighted by atomic mass is 35.5. The van der Waals surface area contributed by atoms with Gasteiger partial charge >= 0.3 is 0 Å². The minimum Gasteiger partial charge on any atom is -0.489 e. The van der Waals surface area contributed by atoms with Crippen molar-refractivity contribution in [1.82, 2.24) is 9.97 Å².